The maximum atomic E-state index is 11.9. The highest BCUT2D eigenvalue weighted by Crippen LogP contribution is 2.40. The summed E-state index contributed by atoms with van der Waals surface area (Å²) >= 11 is 7.75. The van der Waals surface area contributed by atoms with Crippen LogP contribution in [0.25, 0.3) is 10.6 Å². The second-order valence-electron chi connectivity index (χ2n) is 8.36. The van der Waals surface area contributed by atoms with E-state index in [1.54, 1.807) is 18.4 Å². The van der Waals surface area contributed by atoms with Crippen molar-refractivity contribution < 1.29 is 14.3 Å². The van der Waals surface area contributed by atoms with E-state index in [0.717, 1.165) is 58.5 Å². The summed E-state index contributed by atoms with van der Waals surface area (Å²) in [5.74, 6) is 0.105. The van der Waals surface area contributed by atoms with Gasteiger partial charge >= 0.3 is 5.97 Å². The van der Waals surface area contributed by atoms with Gasteiger partial charge in [-0.2, -0.15) is 0 Å². The summed E-state index contributed by atoms with van der Waals surface area (Å²) in [6.07, 6.45) is 2.40. The summed E-state index contributed by atoms with van der Waals surface area (Å²) in [6.45, 7) is 3.89. The first-order chi connectivity index (χ1) is 16.0. The minimum Gasteiger partial charge on any atom is -0.469 e. The molecule has 5 nitrogen and oxygen atoms in total. The maximum absolute atomic E-state index is 11.9. The van der Waals surface area contributed by atoms with E-state index in [-0.39, 0.29) is 18.5 Å². The summed E-state index contributed by atoms with van der Waals surface area (Å²) in [6, 6.07) is 15.9. The average molecular weight is 485 g/mol. The molecule has 1 aromatic heterocycles. The molecule has 4 rings (SSSR count). The van der Waals surface area contributed by atoms with Gasteiger partial charge in [0.15, 0.2) is 0 Å². The van der Waals surface area contributed by atoms with Gasteiger partial charge in [-0.1, -0.05) is 41.9 Å². The number of carbonyl (C=O) groups is 1. The molecule has 0 N–H and O–H groups in total. The van der Waals surface area contributed by atoms with Crippen molar-refractivity contribution in [1.82, 2.24) is 4.98 Å². The minimum atomic E-state index is -0.221. The normalized spacial score (nSPS) is 17.1. The molecule has 0 radical (unpaired) electrons. The fourth-order valence-electron chi connectivity index (χ4n) is 4.57. The number of hydrogen-bond donors (Lipinski definition) is 0. The van der Waals surface area contributed by atoms with Gasteiger partial charge in [0.2, 0.25) is 0 Å². The fourth-order valence-corrected chi connectivity index (χ4v) is 5.94. The summed E-state index contributed by atoms with van der Waals surface area (Å²) in [5, 5.41) is 1.70. The van der Waals surface area contributed by atoms with Gasteiger partial charge in [0.25, 0.3) is 0 Å². The van der Waals surface area contributed by atoms with Crippen molar-refractivity contribution in [2.24, 2.45) is 5.92 Å². The van der Waals surface area contributed by atoms with Crippen LogP contribution in [0.4, 0.5) is 5.69 Å². The Hall–Kier alpha value is -2.41. The van der Waals surface area contributed by atoms with Gasteiger partial charge < -0.3 is 14.4 Å². The molecule has 2 atom stereocenters. The number of hydrogen-bond acceptors (Lipinski definition) is 6. The Morgan fingerprint density at radius 3 is 2.70 bits per heavy atom. The molecule has 1 fully saturated rings. The maximum Gasteiger partial charge on any atom is 0.310 e. The zero-order valence-electron chi connectivity index (χ0n) is 19.2. The van der Waals surface area contributed by atoms with E-state index in [2.05, 4.69) is 17.9 Å². The molecule has 7 heteroatoms. The Kier molecular flexibility index (Phi) is 7.68. The first kappa shape index (κ1) is 23.7. The van der Waals surface area contributed by atoms with Crippen LogP contribution in [0, 0.1) is 12.8 Å². The lowest BCUT2D eigenvalue weighted by Gasteiger charge is -2.38. The molecule has 1 aliphatic heterocycles. The van der Waals surface area contributed by atoms with E-state index in [0.29, 0.717) is 5.92 Å². The van der Waals surface area contributed by atoms with Crippen molar-refractivity contribution in [2.45, 2.75) is 32.3 Å². The van der Waals surface area contributed by atoms with Crippen LogP contribution >= 0.6 is 22.9 Å². The number of esters is 1. The van der Waals surface area contributed by atoms with Crippen molar-refractivity contribution in [3.8, 4) is 10.6 Å². The highest BCUT2D eigenvalue weighted by Gasteiger charge is 2.32. The molecule has 33 heavy (non-hydrogen) atoms. The Balaban J connectivity index is 1.57. The van der Waals surface area contributed by atoms with Crippen LogP contribution in [-0.2, 0) is 20.7 Å². The van der Waals surface area contributed by atoms with E-state index >= 15 is 0 Å². The molecule has 0 bridgehead atoms. The quantitative estimate of drug-likeness (QED) is 0.380. The van der Waals surface area contributed by atoms with Gasteiger partial charge in [0.1, 0.15) is 5.01 Å². The zero-order chi connectivity index (χ0) is 23.4. The molecule has 0 spiro atoms. The smallest absolute Gasteiger partial charge is 0.310 e. The number of ether oxygens (including phenoxy) is 2. The predicted octanol–water partition coefficient (Wildman–Crippen LogP) is 6.09. The van der Waals surface area contributed by atoms with Crippen molar-refractivity contribution in [3.05, 3.63) is 69.7 Å². The molecule has 3 aromatic rings. The Morgan fingerprint density at radius 1 is 1.21 bits per heavy atom. The number of aromatic nitrogens is 1. The van der Waals surface area contributed by atoms with Crippen LogP contribution < -0.4 is 4.90 Å². The lowest BCUT2D eigenvalue weighted by atomic mass is 9.90. The topological polar surface area (TPSA) is 51.7 Å². The third-order valence-corrected chi connectivity index (χ3v) is 7.74. The van der Waals surface area contributed by atoms with Crippen molar-refractivity contribution in [1.29, 1.82) is 0 Å². The lowest BCUT2D eigenvalue weighted by Crippen LogP contribution is -2.38. The first-order valence-corrected chi connectivity index (χ1v) is 12.3. The van der Waals surface area contributed by atoms with Gasteiger partial charge in [-0.05, 0) is 43.5 Å². The van der Waals surface area contributed by atoms with Gasteiger partial charge in [0.05, 0.1) is 30.2 Å². The third kappa shape index (κ3) is 5.40. The Morgan fingerprint density at radius 2 is 1.97 bits per heavy atom. The van der Waals surface area contributed by atoms with E-state index in [1.807, 2.05) is 42.5 Å². The molecular weight excluding hydrogens is 456 g/mol. The summed E-state index contributed by atoms with van der Waals surface area (Å²) in [5.41, 5.74) is 4.18. The number of nitrogens with zero attached hydrogens (tertiary/aromatic N) is 2. The summed E-state index contributed by atoms with van der Waals surface area (Å²) in [4.78, 5) is 20.3. The lowest BCUT2D eigenvalue weighted by molar-refractivity contribution is -0.139. The number of methoxy groups -OCH3 is 2. The predicted molar refractivity (Wildman–Crippen MR) is 134 cm³/mol. The molecule has 0 saturated carbocycles. The van der Waals surface area contributed by atoms with E-state index < -0.39 is 0 Å². The number of rotatable bonds is 7. The average Bonchev–Trinajstić information content (AvgIpc) is 3.21. The number of anilines is 1. The number of thiazole rings is 1. The van der Waals surface area contributed by atoms with Gasteiger partial charge in [-0.15, -0.1) is 11.3 Å². The van der Waals surface area contributed by atoms with Gasteiger partial charge in [0, 0.05) is 42.4 Å². The Bertz CT molecular complexity index is 1100. The fraction of sp³-hybridized carbons (Fsp3) is 0.385. The SMILES string of the molecule is COC(=O)Cc1ccccc1N1CCCC(C(OC)c2sc(-c3ccc(Cl)cc3)nc2C)C1. The van der Waals surface area contributed by atoms with Gasteiger partial charge in [-0.3, -0.25) is 4.79 Å². The summed E-state index contributed by atoms with van der Waals surface area (Å²) in [7, 11) is 3.22. The van der Waals surface area contributed by atoms with E-state index in [1.165, 1.54) is 12.0 Å². The molecule has 174 valence electrons. The number of carbonyl (C=O) groups excluding carboxylic acids is 1. The zero-order valence-corrected chi connectivity index (χ0v) is 20.8. The molecular formula is C26H29ClN2O3S. The van der Waals surface area contributed by atoms with Crippen LogP contribution in [0.3, 0.4) is 0 Å². The molecule has 2 unspecified atom stereocenters. The summed E-state index contributed by atoms with van der Waals surface area (Å²) < 4.78 is 11.0. The van der Waals surface area contributed by atoms with Gasteiger partial charge in [-0.25, -0.2) is 4.98 Å². The van der Waals surface area contributed by atoms with Crippen LogP contribution in [0.1, 0.15) is 35.1 Å². The first-order valence-electron chi connectivity index (χ1n) is 11.2. The van der Waals surface area contributed by atoms with E-state index in [9.17, 15) is 4.79 Å². The number of aryl methyl sites for hydroxylation is 1. The standard InChI is InChI=1S/C26H29ClN2O3S/c1-17-25(33-26(28-17)18-10-12-21(27)13-11-18)24(32-3)20-8-6-14-29(16-20)22-9-5-4-7-19(22)15-23(30)31-2/h4-5,7,9-13,20,24H,6,8,14-16H2,1-3H3. The van der Waals surface area contributed by atoms with Crippen LogP contribution in [0.5, 0.6) is 0 Å². The molecule has 2 aromatic carbocycles. The molecule has 2 heterocycles. The molecule has 0 amide bonds. The molecule has 1 saturated heterocycles. The second kappa shape index (κ2) is 10.7. The second-order valence-corrected chi connectivity index (χ2v) is 9.83. The highest BCUT2D eigenvalue weighted by atomic mass is 35.5. The van der Waals surface area contributed by atoms with E-state index in [4.69, 9.17) is 26.1 Å². The largest absolute Gasteiger partial charge is 0.469 e. The minimum absolute atomic E-state index is 0.0286. The number of halogens is 1. The van der Waals surface area contributed by atoms with Crippen molar-refractivity contribution in [2.75, 3.05) is 32.2 Å². The van der Waals surface area contributed by atoms with Crippen LogP contribution in [0.15, 0.2) is 48.5 Å². The number of benzene rings is 2. The van der Waals surface area contributed by atoms with Crippen molar-refractivity contribution in [3.63, 3.8) is 0 Å². The van der Waals surface area contributed by atoms with Crippen LogP contribution in [0.2, 0.25) is 5.02 Å². The van der Waals surface area contributed by atoms with Crippen molar-refractivity contribution >= 4 is 34.6 Å². The molecule has 0 aliphatic carbocycles. The molecule has 1 aliphatic rings. The van der Waals surface area contributed by atoms with Crippen LogP contribution in [-0.4, -0.2) is 38.3 Å². The Labute approximate surface area is 204 Å². The highest BCUT2D eigenvalue weighted by molar-refractivity contribution is 7.15. The third-order valence-electron chi connectivity index (χ3n) is 6.22. The number of para-hydroxylation sites is 1. The monoisotopic (exact) mass is 484 g/mol. The number of piperidine rings is 1.